The van der Waals surface area contributed by atoms with E-state index in [1.807, 2.05) is 30.3 Å². The molecular weight excluding hydrogens is 344 g/mol. The van der Waals surface area contributed by atoms with Crippen LogP contribution in [0.2, 0.25) is 0 Å². The van der Waals surface area contributed by atoms with E-state index in [9.17, 15) is 20.5 Å². The molecule has 0 radical (unpaired) electrons. The number of nitrogens with zero attached hydrogens (tertiary/aromatic N) is 8. The molecule has 12 heteroatoms. The van der Waals surface area contributed by atoms with Crippen LogP contribution in [0.3, 0.4) is 0 Å². The summed E-state index contributed by atoms with van der Waals surface area (Å²) in [6.07, 6.45) is 1.39. The van der Waals surface area contributed by atoms with Crippen LogP contribution in [0.5, 0.6) is 0 Å². The normalized spacial score (nSPS) is 10.7. The third-order valence-corrected chi connectivity index (χ3v) is 3.45. The van der Waals surface area contributed by atoms with Gasteiger partial charge in [0.25, 0.3) is 0 Å². The highest BCUT2D eigenvalue weighted by molar-refractivity contribution is 5.83. The summed E-state index contributed by atoms with van der Waals surface area (Å²) < 4.78 is 2.62. The van der Waals surface area contributed by atoms with Crippen LogP contribution in [-0.4, -0.2) is 49.5 Å². The summed E-state index contributed by atoms with van der Waals surface area (Å²) >= 11 is 0. The van der Waals surface area contributed by atoms with Crippen molar-refractivity contribution in [1.82, 2.24) is 19.7 Å². The van der Waals surface area contributed by atoms with E-state index in [1.54, 1.807) is 14.1 Å². The van der Waals surface area contributed by atoms with Crippen molar-refractivity contribution in [2.24, 2.45) is 0 Å². The molecule has 3 aromatic rings. The van der Waals surface area contributed by atoms with Crippen LogP contribution in [0.25, 0.3) is 5.78 Å². The molecule has 3 rings (SSSR count). The molecular formula is C14H14N8O4. The lowest BCUT2D eigenvalue weighted by atomic mass is 10.2. The second kappa shape index (κ2) is 6.58. The number of nitro groups is 1. The zero-order valence-electron chi connectivity index (χ0n) is 13.9. The number of anilines is 1. The van der Waals surface area contributed by atoms with Crippen molar-refractivity contribution in [3.05, 3.63) is 68.6 Å². The van der Waals surface area contributed by atoms with Crippen molar-refractivity contribution >= 4 is 17.6 Å². The first-order chi connectivity index (χ1) is 12.4. The van der Waals surface area contributed by atoms with E-state index in [2.05, 4.69) is 15.1 Å². The summed E-state index contributed by atoms with van der Waals surface area (Å²) in [6.45, 7) is 0.368. The van der Waals surface area contributed by atoms with Gasteiger partial charge < -0.3 is 15.3 Å². The van der Waals surface area contributed by atoms with Gasteiger partial charge in [0.2, 0.25) is 0 Å². The molecule has 0 aliphatic rings. The lowest BCUT2D eigenvalue weighted by molar-refractivity contribution is -0.545. The van der Waals surface area contributed by atoms with Gasteiger partial charge in [0.1, 0.15) is 11.5 Å². The number of fused-ring (bicyclic) bond motifs is 1. The van der Waals surface area contributed by atoms with Crippen molar-refractivity contribution in [3.63, 3.8) is 0 Å². The number of benzene rings is 1. The second-order valence-electron chi connectivity index (χ2n) is 5.55. The van der Waals surface area contributed by atoms with E-state index < -0.39 is 21.5 Å². The molecule has 12 nitrogen and oxygen atoms in total. The van der Waals surface area contributed by atoms with Gasteiger partial charge in [0.15, 0.2) is 6.33 Å². The van der Waals surface area contributed by atoms with Crippen LogP contribution in [0.15, 0.2) is 36.7 Å². The molecule has 0 spiro atoms. The van der Waals surface area contributed by atoms with Crippen molar-refractivity contribution in [2.75, 3.05) is 19.0 Å². The zero-order chi connectivity index (χ0) is 18.8. The fraction of sp³-hybridized carbons (Fsp3) is 0.214. The van der Waals surface area contributed by atoms with Gasteiger partial charge >= 0.3 is 23.4 Å². The molecule has 0 bridgehead atoms. The number of hydrogen-bond donors (Lipinski definition) is 0. The molecule has 0 aliphatic heterocycles. The Balaban J connectivity index is 2.19. The largest absolute Gasteiger partial charge is 0.607 e. The monoisotopic (exact) mass is 358 g/mol. The Bertz CT molecular complexity index is 995. The van der Waals surface area contributed by atoms with Gasteiger partial charge in [0, 0.05) is 19.2 Å². The minimum Gasteiger partial charge on any atom is -0.607 e. The molecule has 2 heterocycles. The van der Waals surface area contributed by atoms with E-state index in [0.717, 1.165) is 9.96 Å². The van der Waals surface area contributed by atoms with Crippen molar-refractivity contribution in [2.45, 2.75) is 6.54 Å². The van der Waals surface area contributed by atoms with Gasteiger partial charge in [0.05, 0.1) is 0 Å². The maximum atomic E-state index is 11.2. The maximum absolute atomic E-state index is 11.2. The lowest BCUT2D eigenvalue weighted by Crippen LogP contribution is -2.39. The second-order valence-corrected chi connectivity index (χ2v) is 5.55. The van der Waals surface area contributed by atoms with Gasteiger partial charge in [-0.1, -0.05) is 40.3 Å². The van der Waals surface area contributed by atoms with Crippen LogP contribution in [0, 0.1) is 20.5 Å². The average Bonchev–Trinajstić information content (AvgIpc) is 2.97. The highest BCUT2D eigenvalue weighted by atomic mass is 16.8. The standard InChI is InChI=1S/C14H14N8O4/c1-18(2)13-15-11(12(21(23)24)22(25)26)20-9-19(17-14(20)16-13)8-10-6-4-3-5-7-10/h3-7,9H,8H2,1-2H3. The van der Waals surface area contributed by atoms with Gasteiger partial charge in [-0.05, 0) is 5.56 Å². The third kappa shape index (κ3) is 3.19. The fourth-order valence-electron chi connectivity index (χ4n) is 2.30. The number of aromatic nitrogens is 5. The molecule has 2 aromatic heterocycles. The van der Waals surface area contributed by atoms with E-state index >= 15 is 0 Å². The van der Waals surface area contributed by atoms with Gasteiger partial charge in [-0.2, -0.15) is 9.08 Å². The minimum absolute atomic E-state index is 0.0656. The highest BCUT2D eigenvalue weighted by Gasteiger charge is 2.37. The van der Waals surface area contributed by atoms with Crippen LogP contribution >= 0.6 is 0 Å². The molecule has 134 valence electrons. The smallest absolute Gasteiger partial charge is 0.583 e. The summed E-state index contributed by atoms with van der Waals surface area (Å²) in [6, 6.07) is 9.39. The average molecular weight is 358 g/mol. The molecule has 0 saturated heterocycles. The first-order valence-electron chi connectivity index (χ1n) is 7.41. The Morgan fingerprint density at radius 1 is 1.19 bits per heavy atom. The Hall–Kier alpha value is -3.83. The van der Waals surface area contributed by atoms with Crippen molar-refractivity contribution in [1.29, 1.82) is 0 Å². The fourth-order valence-corrected chi connectivity index (χ4v) is 2.30. The summed E-state index contributed by atoms with van der Waals surface area (Å²) in [5.74, 6) is -1.56. The van der Waals surface area contributed by atoms with Crippen molar-refractivity contribution < 1.29 is 14.2 Å². The molecule has 0 atom stereocenters. The predicted molar refractivity (Wildman–Crippen MR) is 88.9 cm³/mol. The Kier molecular flexibility index (Phi) is 4.31. The first-order valence-corrected chi connectivity index (χ1v) is 7.41. The van der Waals surface area contributed by atoms with Gasteiger partial charge in [-0.15, -0.1) is 4.90 Å². The summed E-state index contributed by atoms with van der Waals surface area (Å²) in [4.78, 5) is 18.7. The van der Waals surface area contributed by atoms with Gasteiger partial charge in [-0.25, -0.2) is 0 Å². The topological polar surface area (TPSA) is 143 Å². The molecule has 0 saturated carbocycles. The molecule has 0 aliphatic carbocycles. The molecule has 0 N–H and O–H groups in total. The summed E-state index contributed by atoms with van der Waals surface area (Å²) in [5.41, 5.74) is 0.941. The Morgan fingerprint density at radius 2 is 1.88 bits per heavy atom. The summed E-state index contributed by atoms with van der Waals surface area (Å²) in [5, 5.41) is 37.8. The highest BCUT2D eigenvalue weighted by Crippen LogP contribution is 2.07. The van der Waals surface area contributed by atoms with E-state index in [0.29, 0.717) is 6.54 Å². The summed E-state index contributed by atoms with van der Waals surface area (Å²) in [7, 11) is 3.24. The van der Waals surface area contributed by atoms with Crippen LogP contribution in [0.4, 0.5) is 5.95 Å². The zero-order valence-corrected chi connectivity index (χ0v) is 13.9. The van der Waals surface area contributed by atoms with Crippen LogP contribution in [0.1, 0.15) is 11.4 Å². The third-order valence-electron chi connectivity index (χ3n) is 3.45. The minimum atomic E-state index is -1.25. The molecule has 0 unspecified atom stereocenters. The maximum Gasteiger partial charge on any atom is 0.583 e. The molecule has 0 amide bonds. The number of hydrogen-bond acceptors (Lipinski definition) is 8. The van der Waals surface area contributed by atoms with E-state index in [1.165, 1.54) is 15.9 Å². The van der Waals surface area contributed by atoms with Crippen LogP contribution in [-0.2, 0) is 6.54 Å². The Morgan fingerprint density at radius 3 is 2.46 bits per heavy atom. The first kappa shape index (κ1) is 17.0. The quantitative estimate of drug-likeness (QED) is 0.152. The molecule has 26 heavy (non-hydrogen) atoms. The number of rotatable bonds is 4. The van der Waals surface area contributed by atoms with E-state index in [4.69, 9.17) is 0 Å². The van der Waals surface area contributed by atoms with Crippen LogP contribution < -0.4 is 9.30 Å². The Labute approximate surface area is 146 Å². The number of amidine groups is 1. The predicted octanol–water partition coefficient (Wildman–Crippen LogP) is -0.443. The van der Waals surface area contributed by atoms with Crippen molar-refractivity contribution in [3.8, 4) is 0 Å². The molecule has 1 aromatic carbocycles. The molecule has 0 fully saturated rings. The lowest BCUT2D eigenvalue weighted by Gasteiger charge is -2.06. The van der Waals surface area contributed by atoms with Gasteiger partial charge in [-0.3, -0.25) is 10.1 Å². The van der Waals surface area contributed by atoms with E-state index in [-0.39, 0.29) is 11.7 Å². The SMILES string of the molecule is CN(C)c1nc(C([N+](=O)[O-])=[N+]([O-])[O-])[n+]2cn(Cc3ccccc3)nc2n1.